The first-order chi connectivity index (χ1) is 8.92. The number of rotatable bonds is 5. The number of nitrogens with zero attached hydrogens (tertiary/aromatic N) is 1. The summed E-state index contributed by atoms with van der Waals surface area (Å²) in [5, 5.41) is 8.81. The zero-order valence-electron chi connectivity index (χ0n) is 10.5. The van der Waals surface area contributed by atoms with Crippen molar-refractivity contribution in [1.29, 1.82) is 5.26 Å². The van der Waals surface area contributed by atoms with E-state index in [4.69, 9.17) is 5.26 Å². The predicted octanol–water partition coefficient (Wildman–Crippen LogP) is 3.16. The Labute approximate surface area is 110 Å². The van der Waals surface area contributed by atoms with Crippen molar-refractivity contribution in [2.24, 2.45) is 0 Å². The van der Waals surface area contributed by atoms with Gasteiger partial charge in [-0.05, 0) is 13.0 Å². The first-order valence-corrected chi connectivity index (χ1v) is 5.64. The van der Waals surface area contributed by atoms with Gasteiger partial charge in [0.25, 0.3) is 5.92 Å². The molecule has 0 aliphatic heterocycles. The number of esters is 1. The molecule has 5 heteroatoms. The van der Waals surface area contributed by atoms with Crippen LogP contribution < -0.4 is 0 Å². The van der Waals surface area contributed by atoms with E-state index >= 15 is 0 Å². The highest BCUT2D eigenvalue weighted by Gasteiger charge is 2.36. The lowest BCUT2D eigenvalue weighted by atomic mass is 9.97. The molecule has 0 aliphatic rings. The van der Waals surface area contributed by atoms with Crippen LogP contribution in [-0.2, 0) is 15.5 Å². The minimum atomic E-state index is -3.34. The molecule has 0 aromatic heterocycles. The van der Waals surface area contributed by atoms with Crippen LogP contribution in [0.5, 0.6) is 0 Å². The number of benzene rings is 1. The first kappa shape index (κ1) is 14.8. The molecule has 1 aromatic carbocycles. The molecule has 0 aliphatic carbocycles. The number of halogens is 2. The molecule has 0 heterocycles. The summed E-state index contributed by atoms with van der Waals surface area (Å²) in [5.41, 5.74) is -0.855. The molecule has 0 amide bonds. The van der Waals surface area contributed by atoms with Gasteiger partial charge in [0, 0.05) is 17.6 Å². The molecule has 0 saturated heterocycles. The third kappa shape index (κ3) is 3.62. The minimum absolute atomic E-state index is 0.0954. The third-order valence-electron chi connectivity index (χ3n) is 2.44. The second kappa shape index (κ2) is 6.10. The zero-order valence-corrected chi connectivity index (χ0v) is 10.5. The van der Waals surface area contributed by atoms with Crippen LogP contribution in [0, 0.1) is 11.3 Å². The van der Waals surface area contributed by atoms with E-state index in [9.17, 15) is 13.6 Å². The van der Waals surface area contributed by atoms with E-state index in [0.717, 1.165) is 6.07 Å². The number of carbonyl (C=O) groups is 1. The summed E-state index contributed by atoms with van der Waals surface area (Å²) in [7, 11) is 0. The third-order valence-corrected chi connectivity index (χ3v) is 2.44. The Kier molecular flexibility index (Phi) is 4.76. The molecule has 100 valence electrons. The van der Waals surface area contributed by atoms with Crippen molar-refractivity contribution in [3.8, 4) is 6.07 Å². The van der Waals surface area contributed by atoms with Gasteiger partial charge in [-0.2, -0.15) is 5.26 Å². The Morgan fingerprint density at radius 2 is 2.11 bits per heavy atom. The van der Waals surface area contributed by atoms with E-state index in [2.05, 4.69) is 11.3 Å². The first-order valence-electron chi connectivity index (χ1n) is 5.64. The smallest absolute Gasteiger partial charge is 0.333 e. The van der Waals surface area contributed by atoms with Gasteiger partial charge in [-0.3, -0.25) is 0 Å². The Morgan fingerprint density at radius 1 is 1.47 bits per heavy atom. The van der Waals surface area contributed by atoms with E-state index in [0.29, 0.717) is 0 Å². The normalized spacial score (nSPS) is 10.6. The SMILES string of the molecule is C=C(CC(F)(F)c1ccccc1C#N)C(=O)OCC. The summed E-state index contributed by atoms with van der Waals surface area (Å²) >= 11 is 0. The highest BCUT2D eigenvalue weighted by Crippen LogP contribution is 2.36. The molecule has 0 atom stereocenters. The summed E-state index contributed by atoms with van der Waals surface area (Å²) in [6.07, 6.45) is -0.871. The molecule has 0 bridgehead atoms. The zero-order chi connectivity index (χ0) is 14.5. The number of nitriles is 1. The van der Waals surface area contributed by atoms with Crippen LogP contribution in [0.1, 0.15) is 24.5 Å². The van der Waals surface area contributed by atoms with Crippen molar-refractivity contribution >= 4 is 5.97 Å². The van der Waals surface area contributed by atoms with Gasteiger partial charge in [0.15, 0.2) is 0 Å². The molecular weight excluding hydrogens is 252 g/mol. The minimum Gasteiger partial charge on any atom is -0.463 e. The highest BCUT2D eigenvalue weighted by atomic mass is 19.3. The standard InChI is InChI=1S/C14H13F2NO2/c1-3-19-13(18)10(2)8-14(15,16)12-7-5-4-6-11(12)9-17/h4-7H,2-3,8H2,1H3. The number of ether oxygens (including phenoxy) is 1. The summed E-state index contributed by atoms with van der Waals surface area (Å²) in [4.78, 5) is 11.3. The topological polar surface area (TPSA) is 50.1 Å². The Morgan fingerprint density at radius 3 is 2.68 bits per heavy atom. The van der Waals surface area contributed by atoms with Gasteiger partial charge in [-0.15, -0.1) is 0 Å². The lowest BCUT2D eigenvalue weighted by molar-refractivity contribution is -0.139. The molecule has 1 rings (SSSR count). The molecular formula is C14H13F2NO2. The van der Waals surface area contributed by atoms with Crippen LogP contribution in [-0.4, -0.2) is 12.6 Å². The van der Waals surface area contributed by atoms with Crippen molar-refractivity contribution in [2.45, 2.75) is 19.3 Å². The van der Waals surface area contributed by atoms with Crippen LogP contribution in [0.2, 0.25) is 0 Å². The van der Waals surface area contributed by atoms with Crippen molar-refractivity contribution in [3.63, 3.8) is 0 Å². The number of hydrogen-bond acceptors (Lipinski definition) is 3. The Hall–Kier alpha value is -2.22. The van der Waals surface area contributed by atoms with Gasteiger partial charge in [-0.1, -0.05) is 24.8 Å². The second-order valence-corrected chi connectivity index (χ2v) is 3.86. The van der Waals surface area contributed by atoms with E-state index in [-0.39, 0.29) is 17.7 Å². The van der Waals surface area contributed by atoms with E-state index in [1.54, 1.807) is 13.0 Å². The molecule has 0 N–H and O–H groups in total. The van der Waals surface area contributed by atoms with Gasteiger partial charge in [0.2, 0.25) is 0 Å². The van der Waals surface area contributed by atoms with Crippen LogP contribution in [0.3, 0.4) is 0 Å². The molecule has 0 saturated carbocycles. The maximum atomic E-state index is 14.0. The van der Waals surface area contributed by atoms with Crippen molar-refractivity contribution in [3.05, 3.63) is 47.5 Å². The molecule has 19 heavy (non-hydrogen) atoms. The number of hydrogen-bond donors (Lipinski definition) is 0. The molecule has 0 fully saturated rings. The highest BCUT2D eigenvalue weighted by molar-refractivity contribution is 5.87. The Balaban J connectivity index is 2.96. The van der Waals surface area contributed by atoms with Gasteiger partial charge in [0.05, 0.1) is 18.2 Å². The summed E-state index contributed by atoms with van der Waals surface area (Å²) in [6.45, 7) is 4.98. The quantitative estimate of drug-likeness (QED) is 0.607. The largest absolute Gasteiger partial charge is 0.463 e. The van der Waals surface area contributed by atoms with Crippen LogP contribution in [0.25, 0.3) is 0 Å². The predicted molar refractivity (Wildman–Crippen MR) is 65.4 cm³/mol. The number of alkyl halides is 2. The monoisotopic (exact) mass is 265 g/mol. The lowest BCUT2D eigenvalue weighted by Crippen LogP contribution is -2.19. The fraction of sp³-hybridized carbons (Fsp3) is 0.286. The summed E-state index contributed by atoms with van der Waals surface area (Å²) in [6, 6.07) is 7.08. The van der Waals surface area contributed by atoms with Gasteiger partial charge < -0.3 is 4.74 Å². The van der Waals surface area contributed by atoms with Crippen LogP contribution >= 0.6 is 0 Å². The Bertz CT molecular complexity index is 532. The van der Waals surface area contributed by atoms with Crippen LogP contribution in [0.15, 0.2) is 36.4 Å². The molecule has 0 unspecified atom stereocenters. The summed E-state index contributed by atoms with van der Waals surface area (Å²) < 4.78 is 32.7. The van der Waals surface area contributed by atoms with E-state index in [1.807, 2.05) is 0 Å². The number of carbonyl (C=O) groups excluding carboxylic acids is 1. The maximum Gasteiger partial charge on any atom is 0.333 e. The van der Waals surface area contributed by atoms with Gasteiger partial charge in [0.1, 0.15) is 0 Å². The van der Waals surface area contributed by atoms with Crippen molar-refractivity contribution in [1.82, 2.24) is 0 Å². The average Bonchev–Trinajstić information content (AvgIpc) is 2.38. The fourth-order valence-corrected chi connectivity index (χ4v) is 1.57. The maximum absolute atomic E-state index is 14.0. The van der Waals surface area contributed by atoms with Crippen molar-refractivity contribution < 1.29 is 18.3 Å². The summed E-state index contributed by atoms with van der Waals surface area (Å²) in [5.74, 6) is -4.19. The van der Waals surface area contributed by atoms with E-state index < -0.39 is 23.9 Å². The van der Waals surface area contributed by atoms with Crippen LogP contribution in [0.4, 0.5) is 8.78 Å². The fourth-order valence-electron chi connectivity index (χ4n) is 1.57. The molecule has 0 spiro atoms. The van der Waals surface area contributed by atoms with Gasteiger partial charge in [-0.25, -0.2) is 13.6 Å². The molecule has 0 radical (unpaired) electrons. The molecule has 3 nitrogen and oxygen atoms in total. The average molecular weight is 265 g/mol. The van der Waals surface area contributed by atoms with Gasteiger partial charge >= 0.3 is 5.97 Å². The lowest BCUT2D eigenvalue weighted by Gasteiger charge is -2.18. The second-order valence-electron chi connectivity index (χ2n) is 3.86. The molecule has 1 aromatic rings. The van der Waals surface area contributed by atoms with Crippen molar-refractivity contribution in [2.75, 3.05) is 6.61 Å². The van der Waals surface area contributed by atoms with E-state index in [1.165, 1.54) is 18.2 Å².